The quantitative estimate of drug-likeness (QED) is 0.568. The summed E-state index contributed by atoms with van der Waals surface area (Å²) in [6.45, 7) is 0.440. The fourth-order valence-electron chi connectivity index (χ4n) is 1.99. The van der Waals surface area contributed by atoms with Crippen molar-refractivity contribution in [3.8, 4) is 11.8 Å². The number of amides is 1. The molecule has 1 fully saturated rings. The second-order valence-corrected chi connectivity index (χ2v) is 4.79. The zero-order valence-electron chi connectivity index (χ0n) is 11.2. The van der Waals surface area contributed by atoms with Crippen molar-refractivity contribution in [3.05, 3.63) is 30.1 Å². The summed E-state index contributed by atoms with van der Waals surface area (Å²) in [5.74, 6) is -0.217. The molecular formula is C15H17FN2O2. The smallest absolute Gasteiger partial charge is 0.223 e. The molecule has 0 radical (unpaired) electrons. The zero-order chi connectivity index (χ0) is 14.4. The minimum atomic E-state index is -0.400. The van der Waals surface area contributed by atoms with Gasteiger partial charge in [-0.05, 0) is 31.4 Å². The molecule has 1 aromatic carbocycles. The lowest BCUT2D eigenvalue weighted by atomic mass is 10.2. The summed E-state index contributed by atoms with van der Waals surface area (Å²) in [4.78, 5) is 13.6. The Bertz CT molecular complexity index is 509. The van der Waals surface area contributed by atoms with E-state index in [9.17, 15) is 9.18 Å². The molecule has 0 aromatic heterocycles. The van der Waals surface area contributed by atoms with Crippen LogP contribution in [0, 0.1) is 17.1 Å². The summed E-state index contributed by atoms with van der Waals surface area (Å²) in [6.07, 6.45) is 2.81. The SMILES string of the molecule is N#CCN(C(=O)CCCOc1ccccc1F)C1CC1. The van der Waals surface area contributed by atoms with E-state index in [-0.39, 0.29) is 30.9 Å². The maximum absolute atomic E-state index is 13.3. The normalized spacial score (nSPS) is 13.6. The van der Waals surface area contributed by atoms with Gasteiger partial charge >= 0.3 is 0 Å². The molecule has 0 bridgehead atoms. The van der Waals surface area contributed by atoms with Crippen LogP contribution in [0.5, 0.6) is 5.75 Å². The maximum atomic E-state index is 13.3. The average molecular weight is 276 g/mol. The number of rotatable bonds is 7. The van der Waals surface area contributed by atoms with Crippen LogP contribution in [-0.4, -0.2) is 30.0 Å². The first-order valence-electron chi connectivity index (χ1n) is 6.76. The predicted octanol–water partition coefficient (Wildman–Crippen LogP) is 2.50. The van der Waals surface area contributed by atoms with Crippen molar-refractivity contribution >= 4 is 5.91 Å². The number of nitrogens with zero attached hydrogens (tertiary/aromatic N) is 2. The van der Waals surface area contributed by atoms with Crippen molar-refractivity contribution in [1.29, 1.82) is 5.26 Å². The molecule has 0 unspecified atom stereocenters. The van der Waals surface area contributed by atoms with Gasteiger partial charge in [-0.1, -0.05) is 12.1 Å². The van der Waals surface area contributed by atoms with E-state index in [4.69, 9.17) is 10.00 Å². The standard InChI is InChI=1S/C15H17FN2O2/c16-13-4-1-2-5-14(13)20-11-3-6-15(19)18(10-9-17)12-7-8-12/h1-2,4-5,12H,3,6-8,10-11H2. The fourth-order valence-corrected chi connectivity index (χ4v) is 1.99. The van der Waals surface area contributed by atoms with E-state index in [0.717, 1.165) is 12.8 Å². The Morgan fingerprint density at radius 2 is 2.20 bits per heavy atom. The average Bonchev–Trinajstić information content (AvgIpc) is 3.27. The third-order valence-corrected chi connectivity index (χ3v) is 3.18. The number of nitriles is 1. The van der Waals surface area contributed by atoms with Gasteiger partial charge in [0.1, 0.15) is 6.54 Å². The minimum Gasteiger partial charge on any atom is -0.491 e. The van der Waals surface area contributed by atoms with Crippen LogP contribution in [0.15, 0.2) is 24.3 Å². The van der Waals surface area contributed by atoms with E-state index in [1.807, 2.05) is 6.07 Å². The molecule has 0 saturated heterocycles. The lowest BCUT2D eigenvalue weighted by Crippen LogP contribution is -2.33. The minimum absolute atomic E-state index is 0.0221. The van der Waals surface area contributed by atoms with Gasteiger partial charge in [0.15, 0.2) is 11.6 Å². The number of hydrogen-bond donors (Lipinski definition) is 0. The van der Waals surface area contributed by atoms with Gasteiger partial charge < -0.3 is 9.64 Å². The van der Waals surface area contributed by atoms with Crippen LogP contribution in [0.3, 0.4) is 0 Å². The molecule has 1 aliphatic rings. The first kappa shape index (κ1) is 14.3. The molecule has 106 valence electrons. The predicted molar refractivity (Wildman–Crippen MR) is 71.5 cm³/mol. The van der Waals surface area contributed by atoms with Crippen molar-refractivity contribution in [2.24, 2.45) is 0 Å². The Morgan fingerprint density at radius 3 is 2.85 bits per heavy atom. The molecule has 1 amide bonds. The summed E-state index contributed by atoms with van der Waals surface area (Å²) in [6, 6.07) is 8.46. The van der Waals surface area contributed by atoms with Crippen LogP contribution in [0.4, 0.5) is 4.39 Å². The lowest BCUT2D eigenvalue weighted by Gasteiger charge is -2.18. The number of benzene rings is 1. The second kappa shape index (κ2) is 6.90. The number of para-hydroxylation sites is 1. The highest BCUT2D eigenvalue weighted by Gasteiger charge is 2.31. The molecule has 1 saturated carbocycles. The van der Waals surface area contributed by atoms with Gasteiger partial charge in [0.2, 0.25) is 5.91 Å². The zero-order valence-corrected chi connectivity index (χ0v) is 11.2. The lowest BCUT2D eigenvalue weighted by molar-refractivity contribution is -0.131. The van der Waals surface area contributed by atoms with Crippen LogP contribution >= 0.6 is 0 Å². The van der Waals surface area contributed by atoms with Crippen LogP contribution in [0.25, 0.3) is 0 Å². The van der Waals surface area contributed by atoms with E-state index in [1.54, 1.807) is 23.1 Å². The first-order chi connectivity index (χ1) is 9.72. The van der Waals surface area contributed by atoms with Crippen LogP contribution < -0.4 is 4.74 Å². The van der Waals surface area contributed by atoms with Crippen LogP contribution in [0.2, 0.25) is 0 Å². The third-order valence-electron chi connectivity index (χ3n) is 3.18. The van der Waals surface area contributed by atoms with Crippen molar-refractivity contribution in [2.75, 3.05) is 13.2 Å². The molecule has 0 atom stereocenters. The van der Waals surface area contributed by atoms with Gasteiger partial charge in [0.05, 0.1) is 12.7 Å². The Labute approximate surface area is 117 Å². The summed E-state index contributed by atoms with van der Waals surface area (Å²) in [7, 11) is 0. The highest BCUT2D eigenvalue weighted by atomic mass is 19.1. The summed E-state index contributed by atoms with van der Waals surface area (Å²) in [5.41, 5.74) is 0. The fraction of sp³-hybridized carbons (Fsp3) is 0.467. The molecule has 20 heavy (non-hydrogen) atoms. The molecule has 0 N–H and O–H groups in total. The van der Waals surface area contributed by atoms with E-state index in [2.05, 4.69) is 0 Å². The van der Waals surface area contributed by atoms with Gasteiger partial charge in [-0.3, -0.25) is 4.79 Å². The monoisotopic (exact) mass is 276 g/mol. The van der Waals surface area contributed by atoms with Gasteiger partial charge in [0, 0.05) is 12.5 Å². The number of halogens is 1. The van der Waals surface area contributed by atoms with Gasteiger partial charge in [-0.2, -0.15) is 5.26 Å². The molecule has 1 aliphatic carbocycles. The Morgan fingerprint density at radius 1 is 1.45 bits per heavy atom. The van der Waals surface area contributed by atoms with Crippen molar-refractivity contribution in [2.45, 2.75) is 31.7 Å². The molecular weight excluding hydrogens is 259 g/mol. The largest absolute Gasteiger partial charge is 0.491 e. The Kier molecular flexibility index (Phi) is 4.94. The maximum Gasteiger partial charge on any atom is 0.223 e. The first-order valence-corrected chi connectivity index (χ1v) is 6.76. The van der Waals surface area contributed by atoms with Crippen molar-refractivity contribution in [1.82, 2.24) is 4.90 Å². The number of ether oxygens (including phenoxy) is 1. The second-order valence-electron chi connectivity index (χ2n) is 4.79. The van der Waals surface area contributed by atoms with E-state index >= 15 is 0 Å². The molecule has 0 aliphatic heterocycles. The molecule has 2 rings (SSSR count). The summed E-state index contributed by atoms with van der Waals surface area (Å²) >= 11 is 0. The molecule has 1 aromatic rings. The van der Waals surface area contributed by atoms with E-state index in [0.29, 0.717) is 12.8 Å². The molecule has 0 spiro atoms. The van der Waals surface area contributed by atoms with Gasteiger partial charge in [-0.15, -0.1) is 0 Å². The van der Waals surface area contributed by atoms with E-state index < -0.39 is 5.82 Å². The van der Waals surface area contributed by atoms with Crippen LogP contribution in [-0.2, 0) is 4.79 Å². The number of carbonyl (C=O) groups is 1. The third kappa shape index (κ3) is 3.95. The topological polar surface area (TPSA) is 53.3 Å². The molecule has 0 heterocycles. The Hall–Kier alpha value is -2.09. The van der Waals surface area contributed by atoms with Gasteiger partial charge in [-0.25, -0.2) is 4.39 Å². The number of hydrogen-bond acceptors (Lipinski definition) is 3. The number of carbonyl (C=O) groups excluding carboxylic acids is 1. The highest BCUT2D eigenvalue weighted by Crippen LogP contribution is 2.27. The van der Waals surface area contributed by atoms with Gasteiger partial charge in [0.25, 0.3) is 0 Å². The van der Waals surface area contributed by atoms with Crippen LogP contribution in [0.1, 0.15) is 25.7 Å². The summed E-state index contributed by atoms with van der Waals surface area (Å²) < 4.78 is 18.6. The van der Waals surface area contributed by atoms with E-state index in [1.165, 1.54) is 6.07 Å². The highest BCUT2D eigenvalue weighted by molar-refractivity contribution is 5.77. The molecule has 4 nitrogen and oxygen atoms in total. The Balaban J connectivity index is 1.71. The summed E-state index contributed by atoms with van der Waals surface area (Å²) in [5, 5.41) is 8.70. The van der Waals surface area contributed by atoms with Crippen molar-refractivity contribution < 1.29 is 13.9 Å². The molecule has 5 heteroatoms. The van der Waals surface area contributed by atoms with Crippen molar-refractivity contribution in [3.63, 3.8) is 0 Å².